The lowest BCUT2D eigenvalue weighted by Gasteiger charge is -2.21. The van der Waals surface area contributed by atoms with Crippen LogP contribution in [0.5, 0.6) is 5.75 Å². The molecule has 3 nitrogen and oxygen atoms in total. The summed E-state index contributed by atoms with van der Waals surface area (Å²) in [5.74, 6) is 0.301. The third-order valence-corrected chi connectivity index (χ3v) is 3.26. The Morgan fingerprint density at radius 3 is 2.68 bits per heavy atom. The second kappa shape index (κ2) is 7.41. The fourth-order valence-corrected chi connectivity index (χ4v) is 1.87. The van der Waals surface area contributed by atoms with Crippen molar-refractivity contribution in [2.75, 3.05) is 19.7 Å². The molecule has 0 unspecified atom stereocenters. The van der Waals surface area contributed by atoms with E-state index in [1.165, 1.54) is 0 Å². The van der Waals surface area contributed by atoms with Gasteiger partial charge in [-0.2, -0.15) is 0 Å². The standard InChI is InChI=1S/C14H17Cl2NO2/c1-4-17(8-10(2)3)13(18)9-19-12-7-5-6-11(15)14(12)16/h5-7H,2,4,8-9H2,1,3H3. The number of likely N-dealkylation sites (N-methyl/N-ethyl adjacent to an activating group) is 1. The smallest absolute Gasteiger partial charge is 0.260 e. The summed E-state index contributed by atoms with van der Waals surface area (Å²) in [6.45, 7) is 8.66. The van der Waals surface area contributed by atoms with Gasteiger partial charge in [-0.05, 0) is 26.0 Å². The van der Waals surface area contributed by atoms with Gasteiger partial charge in [0.15, 0.2) is 6.61 Å². The zero-order valence-corrected chi connectivity index (χ0v) is 12.6. The van der Waals surface area contributed by atoms with Crippen LogP contribution in [0, 0.1) is 0 Å². The van der Waals surface area contributed by atoms with Crippen LogP contribution in [-0.2, 0) is 4.79 Å². The number of carbonyl (C=O) groups is 1. The number of rotatable bonds is 6. The van der Waals surface area contributed by atoms with Gasteiger partial charge in [0.05, 0.1) is 5.02 Å². The molecule has 0 radical (unpaired) electrons. The van der Waals surface area contributed by atoms with Crippen LogP contribution >= 0.6 is 23.2 Å². The van der Waals surface area contributed by atoms with E-state index < -0.39 is 0 Å². The first-order valence-corrected chi connectivity index (χ1v) is 6.70. The van der Waals surface area contributed by atoms with Crippen molar-refractivity contribution in [3.05, 3.63) is 40.4 Å². The highest BCUT2D eigenvalue weighted by atomic mass is 35.5. The van der Waals surface area contributed by atoms with Crippen LogP contribution in [0.2, 0.25) is 10.0 Å². The minimum atomic E-state index is -0.110. The highest BCUT2D eigenvalue weighted by Crippen LogP contribution is 2.31. The highest BCUT2D eigenvalue weighted by Gasteiger charge is 2.13. The molecule has 0 aromatic heterocycles. The van der Waals surface area contributed by atoms with E-state index in [2.05, 4.69) is 6.58 Å². The zero-order chi connectivity index (χ0) is 14.4. The molecule has 0 saturated carbocycles. The normalized spacial score (nSPS) is 10.1. The Hall–Kier alpha value is -1.19. The van der Waals surface area contributed by atoms with Crippen molar-refractivity contribution in [2.24, 2.45) is 0 Å². The highest BCUT2D eigenvalue weighted by molar-refractivity contribution is 6.42. The second-order valence-corrected chi connectivity index (χ2v) is 4.99. The van der Waals surface area contributed by atoms with Crippen LogP contribution in [0.3, 0.4) is 0 Å². The first-order chi connectivity index (χ1) is 8.95. The Morgan fingerprint density at radius 1 is 1.42 bits per heavy atom. The predicted molar refractivity (Wildman–Crippen MR) is 79.0 cm³/mol. The zero-order valence-electron chi connectivity index (χ0n) is 11.1. The van der Waals surface area contributed by atoms with Gasteiger partial charge in [-0.25, -0.2) is 0 Å². The SMILES string of the molecule is C=C(C)CN(CC)C(=O)COc1cccc(Cl)c1Cl. The Labute approximate surface area is 123 Å². The summed E-state index contributed by atoms with van der Waals surface area (Å²) < 4.78 is 5.41. The molecule has 1 aromatic rings. The van der Waals surface area contributed by atoms with Crippen LogP contribution in [0.4, 0.5) is 0 Å². The van der Waals surface area contributed by atoms with Gasteiger partial charge in [-0.15, -0.1) is 0 Å². The largest absolute Gasteiger partial charge is 0.482 e. The summed E-state index contributed by atoms with van der Waals surface area (Å²) in [6, 6.07) is 5.06. The van der Waals surface area contributed by atoms with Crippen LogP contribution in [0.1, 0.15) is 13.8 Å². The van der Waals surface area contributed by atoms with Crippen molar-refractivity contribution in [3.63, 3.8) is 0 Å². The van der Waals surface area contributed by atoms with Gasteiger partial charge in [0.1, 0.15) is 10.8 Å². The maximum Gasteiger partial charge on any atom is 0.260 e. The van der Waals surface area contributed by atoms with E-state index in [0.29, 0.717) is 28.9 Å². The molecule has 0 bridgehead atoms. The summed E-state index contributed by atoms with van der Waals surface area (Å²) in [6.07, 6.45) is 0. The average molecular weight is 302 g/mol. The minimum absolute atomic E-state index is 0.0683. The average Bonchev–Trinajstić information content (AvgIpc) is 2.37. The van der Waals surface area contributed by atoms with E-state index in [0.717, 1.165) is 5.57 Å². The summed E-state index contributed by atoms with van der Waals surface area (Å²) in [7, 11) is 0. The van der Waals surface area contributed by atoms with Crippen LogP contribution < -0.4 is 4.74 Å². The number of amides is 1. The Balaban J connectivity index is 2.62. The molecule has 0 atom stereocenters. The van der Waals surface area contributed by atoms with E-state index >= 15 is 0 Å². The maximum atomic E-state index is 12.0. The van der Waals surface area contributed by atoms with Gasteiger partial charge in [-0.1, -0.05) is 41.4 Å². The molecule has 0 saturated heterocycles. The molecule has 0 aliphatic carbocycles. The fourth-order valence-electron chi connectivity index (χ4n) is 1.53. The van der Waals surface area contributed by atoms with E-state index in [9.17, 15) is 4.79 Å². The molecule has 104 valence electrons. The third-order valence-electron chi connectivity index (χ3n) is 2.46. The second-order valence-electron chi connectivity index (χ2n) is 4.21. The fraction of sp³-hybridized carbons (Fsp3) is 0.357. The number of benzene rings is 1. The first kappa shape index (κ1) is 15.9. The molecule has 0 N–H and O–H groups in total. The number of carbonyl (C=O) groups excluding carboxylic acids is 1. The summed E-state index contributed by atoms with van der Waals surface area (Å²) in [5.41, 5.74) is 0.927. The molecular formula is C14H17Cl2NO2. The van der Waals surface area contributed by atoms with Crippen molar-refractivity contribution in [2.45, 2.75) is 13.8 Å². The number of ether oxygens (including phenoxy) is 1. The lowest BCUT2D eigenvalue weighted by Crippen LogP contribution is -2.35. The van der Waals surface area contributed by atoms with E-state index in [-0.39, 0.29) is 12.5 Å². The van der Waals surface area contributed by atoms with Crippen molar-refractivity contribution in [1.29, 1.82) is 0 Å². The Kier molecular flexibility index (Phi) is 6.19. The van der Waals surface area contributed by atoms with E-state index in [4.69, 9.17) is 27.9 Å². The van der Waals surface area contributed by atoms with Crippen molar-refractivity contribution in [3.8, 4) is 5.75 Å². The lowest BCUT2D eigenvalue weighted by atomic mass is 10.3. The molecule has 0 spiro atoms. The van der Waals surface area contributed by atoms with Gasteiger partial charge >= 0.3 is 0 Å². The molecular weight excluding hydrogens is 285 g/mol. The number of nitrogens with zero attached hydrogens (tertiary/aromatic N) is 1. The maximum absolute atomic E-state index is 12.0. The molecule has 5 heteroatoms. The summed E-state index contributed by atoms with van der Waals surface area (Å²) in [4.78, 5) is 13.6. The summed E-state index contributed by atoms with van der Waals surface area (Å²) in [5, 5.41) is 0.723. The molecule has 1 rings (SSSR count). The van der Waals surface area contributed by atoms with Gasteiger partial charge in [-0.3, -0.25) is 4.79 Å². The van der Waals surface area contributed by atoms with Gasteiger partial charge in [0, 0.05) is 13.1 Å². The lowest BCUT2D eigenvalue weighted by molar-refractivity contribution is -0.132. The van der Waals surface area contributed by atoms with Crippen molar-refractivity contribution in [1.82, 2.24) is 4.90 Å². The van der Waals surface area contributed by atoms with E-state index in [1.54, 1.807) is 23.1 Å². The van der Waals surface area contributed by atoms with Gasteiger partial charge < -0.3 is 9.64 Å². The third kappa shape index (κ3) is 4.77. The van der Waals surface area contributed by atoms with Crippen LogP contribution in [0.25, 0.3) is 0 Å². The predicted octanol–water partition coefficient (Wildman–Crippen LogP) is 3.80. The molecule has 0 fully saturated rings. The molecule has 19 heavy (non-hydrogen) atoms. The molecule has 1 amide bonds. The quantitative estimate of drug-likeness (QED) is 0.748. The number of hydrogen-bond acceptors (Lipinski definition) is 2. The monoisotopic (exact) mass is 301 g/mol. The van der Waals surface area contributed by atoms with Crippen LogP contribution in [0.15, 0.2) is 30.4 Å². The molecule has 0 heterocycles. The number of hydrogen-bond donors (Lipinski definition) is 0. The topological polar surface area (TPSA) is 29.5 Å². The first-order valence-electron chi connectivity index (χ1n) is 5.94. The van der Waals surface area contributed by atoms with E-state index in [1.807, 2.05) is 13.8 Å². The number of halogens is 2. The van der Waals surface area contributed by atoms with Crippen molar-refractivity contribution >= 4 is 29.1 Å². The molecule has 1 aromatic carbocycles. The van der Waals surface area contributed by atoms with Gasteiger partial charge in [0.25, 0.3) is 5.91 Å². The van der Waals surface area contributed by atoms with Crippen molar-refractivity contribution < 1.29 is 9.53 Å². The van der Waals surface area contributed by atoms with Gasteiger partial charge in [0.2, 0.25) is 0 Å². The Morgan fingerprint density at radius 2 is 2.11 bits per heavy atom. The molecule has 0 aliphatic heterocycles. The Bertz CT molecular complexity index is 475. The summed E-state index contributed by atoms with van der Waals surface area (Å²) >= 11 is 11.8. The minimum Gasteiger partial charge on any atom is -0.482 e. The van der Waals surface area contributed by atoms with Crippen LogP contribution in [-0.4, -0.2) is 30.5 Å². The molecule has 0 aliphatic rings.